The molecule has 1 aliphatic carbocycles. The number of hydrogen-bond acceptors (Lipinski definition) is 5. The van der Waals surface area contributed by atoms with E-state index >= 15 is 0 Å². The molecule has 108 valence electrons. The van der Waals surface area contributed by atoms with Gasteiger partial charge in [0.15, 0.2) is 0 Å². The van der Waals surface area contributed by atoms with Crippen molar-refractivity contribution in [3.05, 3.63) is 34.4 Å². The molecule has 3 N–H and O–H groups in total. The van der Waals surface area contributed by atoms with E-state index in [-0.39, 0.29) is 12.3 Å². The first-order valence-corrected chi connectivity index (χ1v) is 6.35. The SMILES string of the molecule is CC(COc1ccc([N+](=O)[O-])cc1)(NC1CC1)C(N)=O. The van der Waals surface area contributed by atoms with Crippen LogP contribution < -0.4 is 15.8 Å². The number of non-ortho nitro benzene ring substituents is 1. The number of ether oxygens (including phenoxy) is 1. The molecule has 1 amide bonds. The molecule has 0 aliphatic heterocycles. The van der Waals surface area contributed by atoms with Crippen LogP contribution in [0.15, 0.2) is 24.3 Å². The summed E-state index contributed by atoms with van der Waals surface area (Å²) in [6.45, 7) is 1.77. The van der Waals surface area contributed by atoms with E-state index in [1.165, 1.54) is 24.3 Å². The number of nitrogens with two attached hydrogens (primary N) is 1. The fraction of sp³-hybridized carbons (Fsp3) is 0.462. The minimum absolute atomic E-state index is 0.00822. The highest BCUT2D eigenvalue weighted by molar-refractivity contribution is 5.84. The Kier molecular flexibility index (Phi) is 3.89. The van der Waals surface area contributed by atoms with E-state index < -0.39 is 16.4 Å². The first kappa shape index (κ1) is 14.3. The molecule has 1 aliphatic rings. The summed E-state index contributed by atoms with van der Waals surface area (Å²) in [7, 11) is 0. The summed E-state index contributed by atoms with van der Waals surface area (Å²) < 4.78 is 5.51. The molecule has 20 heavy (non-hydrogen) atoms. The second-order valence-electron chi connectivity index (χ2n) is 5.15. The number of benzene rings is 1. The summed E-state index contributed by atoms with van der Waals surface area (Å²) in [4.78, 5) is 21.6. The quantitative estimate of drug-likeness (QED) is 0.571. The van der Waals surface area contributed by atoms with Crippen molar-refractivity contribution in [2.75, 3.05) is 6.61 Å². The lowest BCUT2D eigenvalue weighted by Gasteiger charge is -2.27. The number of carbonyl (C=O) groups is 1. The first-order chi connectivity index (χ1) is 9.40. The van der Waals surface area contributed by atoms with E-state index in [0.717, 1.165) is 12.8 Å². The van der Waals surface area contributed by atoms with Gasteiger partial charge in [-0.15, -0.1) is 0 Å². The molecular weight excluding hydrogens is 262 g/mol. The van der Waals surface area contributed by atoms with Gasteiger partial charge in [0, 0.05) is 18.2 Å². The van der Waals surface area contributed by atoms with Gasteiger partial charge in [-0.1, -0.05) is 0 Å². The molecule has 1 saturated carbocycles. The second-order valence-corrected chi connectivity index (χ2v) is 5.15. The number of primary amides is 1. The lowest BCUT2D eigenvalue weighted by Crippen LogP contribution is -2.57. The standard InChI is InChI=1S/C13H17N3O4/c1-13(12(14)17,15-9-2-3-9)8-20-11-6-4-10(5-7-11)16(18)19/h4-7,9,15H,2-3,8H2,1H3,(H2,14,17). The Morgan fingerprint density at radius 3 is 2.55 bits per heavy atom. The van der Waals surface area contributed by atoms with Crippen molar-refractivity contribution in [3.8, 4) is 5.75 Å². The zero-order valence-corrected chi connectivity index (χ0v) is 11.2. The van der Waals surface area contributed by atoms with Crippen LogP contribution in [0.3, 0.4) is 0 Å². The van der Waals surface area contributed by atoms with Gasteiger partial charge in [-0.25, -0.2) is 0 Å². The zero-order valence-electron chi connectivity index (χ0n) is 11.2. The summed E-state index contributed by atoms with van der Waals surface area (Å²) in [5.74, 6) is -0.0213. The monoisotopic (exact) mass is 279 g/mol. The zero-order chi connectivity index (χ0) is 14.8. The molecule has 1 aromatic rings. The van der Waals surface area contributed by atoms with E-state index in [1.807, 2.05) is 0 Å². The molecule has 0 radical (unpaired) electrons. The van der Waals surface area contributed by atoms with Crippen LogP contribution in [0.2, 0.25) is 0 Å². The Morgan fingerprint density at radius 2 is 2.10 bits per heavy atom. The molecule has 1 fully saturated rings. The largest absolute Gasteiger partial charge is 0.491 e. The van der Waals surface area contributed by atoms with Crippen LogP contribution in [0, 0.1) is 10.1 Å². The topological polar surface area (TPSA) is 107 Å². The fourth-order valence-corrected chi connectivity index (χ4v) is 1.75. The maximum absolute atomic E-state index is 11.5. The van der Waals surface area contributed by atoms with E-state index in [4.69, 9.17) is 10.5 Å². The van der Waals surface area contributed by atoms with Crippen molar-refractivity contribution in [1.29, 1.82) is 0 Å². The van der Waals surface area contributed by atoms with Gasteiger partial charge < -0.3 is 10.5 Å². The van der Waals surface area contributed by atoms with E-state index in [9.17, 15) is 14.9 Å². The van der Waals surface area contributed by atoms with Crippen LogP contribution in [-0.2, 0) is 4.79 Å². The van der Waals surface area contributed by atoms with Crippen molar-refractivity contribution < 1.29 is 14.5 Å². The number of rotatable bonds is 7. The highest BCUT2D eigenvalue weighted by Crippen LogP contribution is 2.23. The molecular formula is C13H17N3O4. The maximum atomic E-state index is 11.5. The van der Waals surface area contributed by atoms with Gasteiger partial charge >= 0.3 is 0 Å². The van der Waals surface area contributed by atoms with Crippen LogP contribution in [-0.4, -0.2) is 29.0 Å². The summed E-state index contributed by atoms with van der Waals surface area (Å²) in [5, 5.41) is 13.7. The number of carbonyl (C=O) groups excluding carboxylic acids is 1. The van der Waals surface area contributed by atoms with Gasteiger partial charge in [0.2, 0.25) is 5.91 Å². The Hall–Kier alpha value is -2.15. The molecule has 0 bridgehead atoms. The molecule has 0 saturated heterocycles. The minimum Gasteiger partial charge on any atom is -0.491 e. The molecule has 1 unspecified atom stereocenters. The van der Waals surface area contributed by atoms with Gasteiger partial charge in [-0.3, -0.25) is 20.2 Å². The van der Waals surface area contributed by atoms with Gasteiger partial charge in [-0.05, 0) is 31.9 Å². The molecule has 7 nitrogen and oxygen atoms in total. The number of nitro groups is 1. The molecule has 0 aromatic heterocycles. The lowest BCUT2D eigenvalue weighted by molar-refractivity contribution is -0.384. The van der Waals surface area contributed by atoms with E-state index in [1.54, 1.807) is 6.92 Å². The molecule has 2 rings (SSSR count). The van der Waals surface area contributed by atoms with Crippen LogP contribution in [0.4, 0.5) is 5.69 Å². The van der Waals surface area contributed by atoms with Crippen molar-refractivity contribution in [1.82, 2.24) is 5.32 Å². The second kappa shape index (κ2) is 5.46. The molecule has 1 aromatic carbocycles. The molecule has 7 heteroatoms. The predicted molar refractivity (Wildman–Crippen MR) is 72.3 cm³/mol. The Bertz CT molecular complexity index is 513. The maximum Gasteiger partial charge on any atom is 0.269 e. The smallest absolute Gasteiger partial charge is 0.269 e. The predicted octanol–water partition coefficient (Wildman–Crippen LogP) is 0.970. The van der Waals surface area contributed by atoms with Crippen molar-refractivity contribution in [2.45, 2.75) is 31.3 Å². The normalized spacial score (nSPS) is 17.2. The first-order valence-electron chi connectivity index (χ1n) is 6.35. The summed E-state index contributed by atoms with van der Waals surface area (Å²) >= 11 is 0. The van der Waals surface area contributed by atoms with Crippen LogP contribution in [0.1, 0.15) is 19.8 Å². The summed E-state index contributed by atoms with van der Waals surface area (Å²) in [6, 6.07) is 6.01. The number of amides is 1. The summed E-state index contributed by atoms with van der Waals surface area (Å²) in [5.41, 5.74) is 4.45. The van der Waals surface area contributed by atoms with Gasteiger partial charge in [-0.2, -0.15) is 0 Å². The van der Waals surface area contributed by atoms with Crippen LogP contribution in [0.25, 0.3) is 0 Å². The van der Waals surface area contributed by atoms with Gasteiger partial charge in [0.05, 0.1) is 4.92 Å². The van der Waals surface area contributed by atoms with Gasteiger partial charge in [0.25, 0.3) is 5.69 Å². The average Bonchev–Trinajstić information content (AvgIpc) is 3.20. The molecule has 0 spiro atoms. The van der Waals surface area contributed by atoms with Crippen molar-refractivity contribution in [2.24, 2.45) is 5.73 Å². The fourth-order valence-electron chi connectivity index (χ4n) is 1.75. The Labute approximate surface area is 116 Å². The molecule has 1 atom stereocenters. The summed E-state index contributed by atoms with van der Waals surface area (Å²) in [6.07, 6.45) is 2.06. The third kappa shape index (κ3) is 3.45. The van der Waals surface area contributed by atoms with Crippen molar-refractivity contribution >= 4 is 11.6 Å². The van der Waals surface area contributed by atoms with Crippen LogP contribution >= 0.6 is 0 Å². The number of hydrogen-bond donors (Lipinski definition) is 2. The highest BCUT2D eigenvalue weighted by atomic mass is 16.6. The third-order valence-corrected chi connectivity index (χ3v) is 3.22. The third-order valence-electron chi connectivity index (χ3n) is 3.22. The van der Waals surface area contributed by atoms with E-state index in [2.05, 4.69) is 5.32 Å². The Morgan fingerprint density at radius 1 is 1.50 bits per heavy atom. The van der Waals surface area contributed by atoms with Gasteiger partial charge in [0.1, 0.15) is 17.9 Å². The Balaban J connectivity index is 1.97. The number of nitro benzene ring substituents is 1. The lowest BCUT2D eigenvalue weighted by atomic mass is 10.0. The van der Waals surface area contributed by atoms with E-state index in [0.29, 0.717) is 11.8 Å². The number of nitrogens with one attached hydrogen (secondary N) is 1. The van der Waals surface area contributed by atoms with Crippen molar-refractivity contribution in [3.63, 3.8) is 0 Å². The van der Waals surface area contributed by atoms with Crippen LogP contribution in [0.5, 0.6) is 5.75 Å². The average molecular weight is 279 g/mol. The highest BCUT2D eigenvalue weighted by Gasteiger charge is 2.37. The number of nitrogens with zero attached hydrogens (tertiary/aromatic N) is 1. The minimum atomic E-state index is -0.942. The molecule has 0 heterocycles.